The summed E-state index contributed by atoms with van der Waals surface area (Å²) in [6, 6.07) is 5.09. The van der Waals surface area contributed by atoms with Crippen LogP contribution in [0.3, 0.4) is 0 Å². The van der Waals surface area contributed by atoms with Crippen LogP contribution in [0.1, 0.15) is 5.56 Å². The maximum atomic E-state index is 10.8. The van der Waals surface area contributed by atoms with Crippen LogP contribution in [0.25, 0.3) is 0 Å². The van der Waals surface area contributed by atoms with Crippen molar-refractivity contribution in [3.8, 4) is 11.5 Å². The summed E-state index contributed by atoms with van der Waals surface area (Å²) >= 11 is 0. The van der Waals surface area contributed by atoms with E-state index in [0.29, 0.717) is 12.3 Å². The van der Waals surface area contributed by atoms with E-state index in [4.69, 9.17) is 10.5 Å². The fraction of sp³-hybridized carbons (Fsp3) is 0.231. The second kappa shape index (κ2) is 5.96. The maximum Gasteiger partial charge on any atom is 0.239 e. The molecule has 0 saturated carbocycles. The first-order valence-electron chi connectivity index (χ1n) is 5.99. The summed E-state index contributed by atoms with van der Waals surface area (Å²) in [7, 11) is 1.54. The number of benzene rings is 1. The number of carbonyl (C=O) groups excluding carboxylic acids is 1. The number of phenolic OH excluding ortho intramolecular Hbond substituents is 1. The van der Waals surface area contributed by atoms with Crippen molar-refractivity contribution in [1.29, 1.82) is 0 Å². The number of hydrogen-bond acceptors (Lipinski definition) is 5. The van der Waals surface area contributed by atoms with Gasteiger partial charge in [-0.1, -0.05) is 0 Å². The number of nitrogens with two attached hydrogens (primary N) is 1. The molecule has 1 aromatic heterocycles. The fourth-order valence-electron chi connectivity index (χ4n) is 1.72. The molecular formula is C13H16N4O3. The summed E-state index contributed by atoms with van der Waals surface area (Å²) in [5.41, 5.74) is 6.55. The van der Waals surface area contributed by atoms with Gasteiger partial charge < -0.3 is 20.9 Å². The number of nitrogens with zero attached hydrogens (tertiary/aromatic N) is 2. The molecule has 20 heavy (non-hydrogen) atoms. The van der Waals surface area contributed by atoms with E-state index in [1.165, 1.54) is 4.68 Å². The monoisotopic (exact) mass is 276 g/mol. The molecule has 106 valence electrons. The summed E-state index contributed by atoms with van der Waals surface area (Å²) in [6.07, 6.45) is 3.26. The second-order valence-electron chi connectivity index (χ2n) is 4.24. The third-order valence-corrected chi connectivity index (χ3v) is 2.73. The topological polar surface area (TPSA) is 102 Å². The van der Waals surface area contributed by atoms with Crippen LogP contribution in [0.15, 0.2) is 30.6 Å². The van der Waals surface area contributed by atoms with Gasteiger partial charge in [0.2, 0.25) is 5.91 Å². The quantitative estimate of drug-likeness (QED) is 0.720. The van der Waals surface area contributed by atoms with Gasteiger partial charge in [0.05, 0.1) is 19.0 Å². The molecular weight excluding hydrogens is 260 g/mol. The van der Waals surface area contributed by atoms with Crippen LogP contribution in [-0.4, -0.2) is 27.9 Å². The van der Waals surface area contributed by atoms with E-state index in [-0.39, 0.29) is 12.3 Å². The first-order chi connectivity index (χ1) is 9.58. The van der Waals surface area contributed by atoms with Gasteiger partial charge in [0.1, 0.15) is 18.0 Å². The van der Waals surface area contributed by atoms with Crippen LogP contribution in [0.2, 0.25) is 0 Å². The number of amides is 1. The van der Waals surface area contributed by atoms with Crippen molar-refractivity contribution in [2.45, 2.75) is 13.1 Å². The number of carbonyl (C=O) groups is 1. The second-order valence-corrected chi connectivity index (χ2v) is 4.24. The Bertz CT molecular complexity index is 609. The van der Waals surface area contributed by atoms with Crippen LogP contribution in [0.4, 0.5) is 5.69 Å². The number of anilines is 1. The number of methoxy groups -OCH3 is 1. The van der Waals surface area contributed by atoms with Crippen molar-refractivity contribution in [2.75, 3.05) is 12.4 Å². The number of nitrogens with one attached hydrogen (secondary N) is 1. The highest BCUT2D eigenvalue weighted by Crippen LogP contribution is 2.24. The minimum Gasteiger partial charge on any atom is -0.507 e. The number of hydrogen-bond donors (Lipinski definition) is 3. The van der Waals surface area contributed by atoms with Gasteiger partial charge in [0.25, 0.3) is 0 Å². The van der Waals surface area contributed by atoms with Gasteiger partial charge in [0.15, 0.2) is 0 Å². The van der Waals surface area contributed by atoms with Gasteiger partial charge >= 0.3 is 0 Å². The zero-order valence-electron chi connectivity index (χ0n) is 11.0. The van der Waals surface area contributed by atoms with Gasteiger partial charge in [-0.15, -0.1) is 0 Å². The normalized spacial score (nSPS) is 10.2. The van der Waals surface area contributed by atoms with E-state index in [1.807, 2.05) is 0 Å². The Balaban J connectivity index is 1.98. The molecule has 2 rings (SSSR count). The van der Waals surface area contributed by atoms with Crippen molar-refractivity contribution in [2.24, 2.45) is 5.73 Å². The van der Waals surface area contributed by atoms with E-state index in [1.54, 1.807) is 37.7 Å². The Labute approximate surface area is 116 Å². The molecule has 0 unspecified atom stereocenters. The third kappa shape index (κ3) is 3.41. The molecule has 0 aliphatic rings. The van der Waals surface area contributed by atoms with Crippen LogP contribution >= 0.6 is 0 Å². The first-order valence-corrected chi connectivity index (χ1v) is 5.99. The van der Waals surface area contributed by atoms with E-state index >= 15 is 0 Å². The lowest BCUT2D eigenvalue weighted by atomic mass is 10.2. The lowest BCUT2D eigenvalue weighted by Crippen LogP contribution is -2.18. The minimum atomic E-state index is -0.451. The van der Waals surface area contributed by atoms with E-state index in [9.17, 15) is 9.90 Å². The van der Waals surface area contributed by atoms with E-state index in [0.717, 1.165) is 11.3 Å². The summed E-state index contributed by atoms with van der Waals surface area (Å²) in [5.74, 6) is 0.300. The zero-order chi connectivity index (χ0) is 14.5. The Kier molecular flexibility index (Phi) is 4.09. The van der Waals surface area contributed by atoms with E-state index < -0.39 is 5.91 Å². The molecule has 7 heteroatoms. The number of ether oxygens (including phenoxy) is 1. The Morgan fingerprint density at radius 1 is 1.55 bits per heavy atom. The highest BCUT2D eigenvalue weighted by molar-refractivity contribution is 5.73. The third-order valence-electron chi connectivity index (χ3n) is 2.73. The SMILES string of the molecule is COc1ccc(CNc2cnn(CC(N)=O)c2)c(O)c1. The average molecular weight is 276 g/mol. The molecule has 0 atom stereocenters. The number of aromatic hydroxyl groups is 1. The number of primary amides is 1. The van der Waals surface area contributed by atoms with Crippen LogP contribution in [0.5, 0.6) is 11.5 Å². The molecule has 0 aliphatic heterocycles. The molecule has 2 aromatic rings. The van der Waals surface area contributed by atoms with Crippen molar-refractivity contribution in [1.82, 2.24) is 9.78 Å². The Morgan fingerprint density at radius 3 is 3.00 bits per heavy atom. The Morgan fingerprint density at radius 2 is 2.35 bits per heavy atom. The van der Waals surface area contributed by atoms with Crippen LogP contribution < -0.4 is 15.8 Å². The van der Waals surface area contributed by atoms with Crippen molar-refractivity contribution in [3.63, 3.8) is 0 Å². The molecule has 0 bridgehead atoms. The van der Waals surface area contributed by atoms with Gasteiger partial charge in [-0.2, -0.15) is 5.10 Å². The highest BCUT2D eigenvalue weighted by Gasteiger charge is 2.05. The fourth-order valence-corrected chi connectivity index (χ4v) is 1.72. The molecule has 1 heterocycles. The molecule has 0 aliphatic carbocycles. The highest BCUT2D eigenvalue weighted by atomic mass is 16.5. The van der Waals surface area contributed by atoms with Crippen molar-refractivity contribution >= 4 is 11.6 Å². The predicted molar refractivity (Wildman–Crippen MR) is 73.4 cm³/mol. The standard InChI is InChI=1S/C13H16N4O3/c1-20-11-3-2-9(12(18)4-11)5-15-10-6-16-17(7-10)8-13(14)19/h2-4,6-7,15,18H,5,8H2,1H3,(H2,14,19). The molecule has 0 saturated heterocycles. The molecule has 0 radical (unpaired) electrons. The van der Waals surface area contributed by atoms with Gasteiger partial charge in [-0.25, -0.2) is 0 Å². The smallest absolute Gasteiger partial charge is 0.239 e. The number of aromatic nitrogens is 2. The van der Waals surface area contributed by atoms with Crippen molar-refractivity contribution in [3.05, 3.63) is 36.2 Å². The summed E-state index contributed by atoms with van der Waals surface area (Å²) in [6.45, 7) is 0.466. The summed E-state index contributed by atoms with van der Waals surface area (Å²) in [4.78, 5) is 10.8. The molecule has 4 N–H and O–H groups in total. The molecule has 1 aromatic carbocycles. The lowest BCUT2D eigenvalue weighted by Gasteiger charge is -2.07. The average Bonchev–Trinajstić information content (AvgIpc) is 2.84. The predicted octanol–water partition coefficient (Wildman–Crippen LogP) is 0.695. The minimum absolute atomic E-state index is 0.0372. The van der Waals surface area contributed by atoms with E-state index in [2.05, 4.69) is 10.4 Å². The molecule has 0 fully saturated rings. The lowest BCUT2D eigenvalue weighted by molar-refractivity contribution is -0.118. The maximum absolute atomic E-state index is 10.8. The number of rotatable bonds is 6. The molecule has 1 amide bonds. The number of phenols is 1. The van der Waals surface area contributed by atoms with Gasteiger partial charge in [-0.05, 0) is 12.1 Å². The first kappa shape index (κ1) is 13.7. The molecule has 7 nitrogen and oxygen atoms in total. The summed E-state index contributed by atoms with van der Waals surface area (Å²) in [5, 5.41) is 16.9. The largest absolute Gasteiger partial charge is 0.507 e. The van der Waals surface area contributed by atoms with Crippen LogP contribution in [-0.2, 0) is 17.9 Å². The van der Waals surface area contributed by atoms with Gasteiger partial charge in [-0.3, -0.25) is 9.48 Å². The summed E-state index contributed by atoms with van der Waals surface area (Å²) < 4.78 is 6.46. The zero-order valence-corrected chi connectivity index (χ0v) is 11.0. The van der Waals surface area contributed by atoms with Crippen molar-refractivity contribution < 1.29 is 14.6 Å². The van der Waals surface area contributed by atoms with Gasteiger partial charge in [0, 0.05) is 24.4 Å². The van der Waals surface area contributed by atoms with Crippen LogP contribution in [0, 0.1) is 0 Å². The molecule has 0 spiro atoms. The Hall–Kier alpha value is -2.70.